The van der Waals surface area contributed by atoms with Gasteiger partial charge >= 0.3 is 11.9 Å². The number of esters is 2. The molecule has 0 bridgehead atoms. The van der Waals surface area contributed by atoms with Gasteiger partial charge in [0.2, 0.25) is 0 Å². The molecule has 2 aromatic carbocycles. The van der Waals surface area contributed by atoms with Crippen LogP contribution in [-0.2, 0) is 32.3 Å². The molecule has 0 heterocycles. The summed E-state index contributed by atoms with van der Waals surface area (Å²) in [5, 5.41) is 0. The van der Waals surface area contributed by atoms with Crippen molar-refractivity contribution in [1.82, 2.24) is 0 Å². The van der Waals surface area contributed by atoms with Crippen molar-refractivity contribution in [2.24, 2.45) is 0 Å². The average molecular weight is 328 g/mol. The van der Waals surface area contributed by atoms with Crippen LogP contribution in [0.3, 0.4) is 0 Å². The highest BCUT2D eigenvalue weighted by Crippen LogP contribution is 2.05. The summed E-state index contributed by atoms with van der Waals surface area (Å²) in [6.07, 6.45) is 0.447. The van der Waals surface area contributed by atoms with Gasteiger partial charge in [0, 0.05) is 6.42 Å². The van der Waals surface area contributed by atoms with Gasteiger partial charge in [-0.1, -0.05) is 60.7 Å². The maximum Gasteiger partial charge on any atom is 0.365 e. The Morgan fingerprint density at radius 3 is 1.88 bits per heavy atom. The van der Waals surface area contributed by atoms with Crippen LogP contribution in [0.25, 0.3) is 0 Å². The van der Waals surface area contributed by atoms with E-state index >= 15 is 0 Å². The Kier molecular flexibility index (Phi) is 6.98. The van der Waals surface area contributed by atoms with Crippen LogP contribution in [0, 0.1) is 0 Å². The average Bonchev–Trinajstić information content (AvgIpc) is 2.64. The third-order valence-electron chi connectivity index (χ3n) is 3.50. The van der Waals surface area contributed by atoms with Gasteiger partial charge in [0.15, 0.2) is 6.04 Å². The fourth-order valence-corrected chi connectivity index (χ4v) is 2.07. The molecule has 1 unspecified atom stereocenters. The van der Waals surface area contributed by atoms with E-state index in [0.29, 0.717) is 6.42 Å². The Morgan fingerprint density at radius 2 is 1.33 bits per heavy atom. The van der Waals surface area contributed by atoms with Crippen LogP contribution in [0.5, 0.6) is 0 Å². The number of hydrogen-bond acceptors (Lipinski definition) is 4. The summed E-state index contributed by atoms with van der Waals surface area (Å²) >= 11 is 0. The third-order valence-corrected chi connectivity index (χ3v) is 3.50. The zero-order valence-corrected chi connectivity index (χ0v) is 13.5. The van der Waals surface area contributed by atoms with E-state index in [-0.39, 0.29) is 25.6 Å². The van der Waals surface area contributed by atoms with E-state index in [9.17, 15) is 9.59 Å². The van der Waals surface area contributed by atoms with Crippen molar-refractivity contribution in [2.45, 2.75) is 32.1 Å². The molecule has 3 N–H and O–H groups in total. The third kappa shape index (κ3) is 6.22. The second-order valence-corrected chi connectivity index (χ2v) is 5.48. The molecule has 5 nitrogen and oxygen atoms in total. The van der Waals surface area contributed by atoms with Crippen LogP contribution in [-0.4, -0.2) is 18.0 Å². The molecule has 5 heteroatoms. The minimum absolute atomic E-state index is 0.140. The van der Waals surface area contributed by atoms with E-state index in [0.717, 1.165) is 11.1 Å². The van der Waals surface area contributed by atoms with Gasteiger partial charge in [-0.15, -0.1) is 0 Å². The number of ether oxygens (including phenoxy) is 2. The van der Waals surface area contributed by atoms with Crippen molar-refractivity contribution in [3.8, 4) is 0 Å². The van der Waals surface area contributed by atoms with E-state index in [2.05, 4.69) is 5.73 Å². The molecule has 1 atom stereocenters. The minimum Gasteiger partial charge on any atom is -0.461 e. The first-order chi connectivity index (χ1) is 11.6. The standard InChI is InChI=1S/C19H21NO4/c20-17(19(22)24-14-16-9-5-2-6-10-16)11-12-18(21)23-13-15-7-3-1-4-8-15/h1-10,17H,11-14,20H2/p+1. The van der Waals surface area contributed by atoms with Crippen molar-refractivity contribution in [3.63, 3.8) is 0 Å². The molecule has 0 saturated carbocycles. The summed E-state index contributed by atoms with van der Waals surface area (Å²) in [5.74, 6) is -0.752. The number of hydrogen-bond donors (Lipinski definition) is 1. The molecule has 0 aliphatic heterocycles. The Bertz CT molecular complexity index is 643. The van der Waals surface area contributed by atoms with Crippen LogP contribution in [0.15, 0.2) is 60.7 Å². The molecule has 2 aromatic rings. The maximum atomic E-state index is 11.9. The Balaban J connectivity index is 1.65. The van der Waals surface area contributed by atoms with Gasteiger partial charge < -0.3 is 15.2 Å². The van der Waals surface area contributed by atoms with Gasteiger partial charge in [0.05, 0.1) is 6.42 Å². The first kappa shape index (κ1) is 17.7. The normalized spacial score (nSPS) is 11.5. The smallest absolute Gasteiger partial charge is 0.365 e. The topological polar surface area (TPSA) is 80.2 Å². The second kappa shape index (κ2) is 9.47. The maximum absolute atomic E-state index is 11.9. The lowest BCUT2D eigenvalue weighted by Gasteiger charge is -2.09. The molecule has 0 aliphatic rings. The molecular formula is C19H22NO4+. The molecule has 0 amide bonds. The first-order valence-electron chi connectivity index (χ1n) is 7.88. The van der Waals surface area contributed by atoms with Crippen molar-refractivity contribution < 1.29 is 24.8 Å². The van der Waals surface area contributed by atoms with Gasteiger partial charge in [-0.3, -0.25) is 4.79 Å². The van der Waals surface area contributed by atoms with Gasteiger partial charge in [-0.05, 0) is 11.1 Å². The van der Waals surface area contributed by atoms with E-state index in [1.165, 1.54) is 0 Å². The zero-order valence-electron chi connectivity index (χ0n) is 13.5. The molecule has 0 aliphatic carbocycles. The molecule has 126 valence electrons. The largest absolute Gasteiger partial charge is 0.461 e. The molecular weight excluding hydrogens is 306 g/mol. The summed E-state index contributed by atoms with van der Waals surface area (Å²) < 4.78 is 10.4. The van der Waals surface area contributed by atoms with E-state index in [4.69, 9.17) is 9.47 Å². The number of quaternary nitrogens is 1. The highest BCUT2D eigenvalue weighted by atomic mass is 16.5. The van der Waals surface area contributed by atoms with Crippen LogP contribution in [0.4, 0.5) is 0 Å². The molecule has 0 aromatic heterocycles. The molecule has 0 saturated heterocycles. The Morgan fingerprint density at radius 1 is 0.833 bits per heavy atom. The van der Waals surface area contributed by atoms with Crippen molar-refractivity contribution in [3.05, 3.63) is 71.8 Å². The Labute approximate surface area is 141 Å². The van der Waals surface area contributed by atoms with Gasteiger partial charge in [-0.25, -0.2) is 4.79 Å². The fourth-order valence-electron chi connectivity index (χ4n) is 2.07. The van der Waals surface area contributed by atoms with Gasteiger partial charge in [-0.2, -0.15) is 0 Å². The highest BCUT2D eigenvalue weighted by Gasteiger charge is 2.20. The van der Waals surface area contributed by atoms with Crippen molar-refractivity contribution in [1.29, 1.82) is 0 Å². The molecule has 0 fully saturated rings. The van der Waals surface area contributed by atoms with Crippen molar-refractivity contribution in [2.75, 3.05) is 0 Å². The van der Waals surface area contributed by atoms with Crippen LogP contribution in [0.2, 0.25) is 0 Å². The molecule has 0 spiro atoms. The highest BCUT2D eigenvalue weighted by molar-refractivity contribution is 5.75. The lowest BCUT2D eigenvalue weighted by atomic mass is 10.1. The van der Waals surface area contributed by atoms with Crippen LogP contribution < -0.4 is 5.73 Å². The molecule has 24 heavy (non-hydrogen) atoms. The lowest BCUT2D eigenvalue weighted by molar-refractivity contribution is -0.409. The Hall–Kier alpha value is -2.66. The van der Waals surface area contributed by atoms with E-state index in [1.807, 2.05) is 60.7 Å². The fraction of sp³-hybridized carbons (Fsp3) is 0.263. The summed E-state index contributed by atoms with van der Waals surface area (Å²) in [7, 11) is 0. The minimum atomic E-state index is -0.585. The van der Waals surface area contributed by atoms with E-state index in [1.54, 1.807) is 0 Å². The SMILES string of the molecule is [NH3+]C(CCC(=O)OCc1ccccc1)C(=O)OCc1ccccc1. The predicted molar refractivity (Wildman–Crippen MR) is 88.4 cm³/mol. The number of rotatable bonds is 8. The van der Waals surface area contributed by atoms with Crippen LogP contribution >= 0.6 is 0 Å². The summed E-state index contributed by atoms with van der Waals surface area (Å²) in [6.45, 7) is 0.448. The van der Waals surface area contributed by atoms with E-state index < -0.39 is 12.0 Å². The quantitative estimate of drug-likeness (QED) is 0.750. The summed E-state index contributed by atoms with van der Waals surface area (Å²) in [6, 6.07) is 18.3. The van der Waals surface area contributed by atoms with Crippen molar-refractivity contribution >= 4 is 11.9 Å². The zero-order chi connectivity index (χ0) is 17.2. The molecule has 0 radical (unpaired) electrons. The summed E-state index contributed by atoms with van der Waals surface area (Å²) in [4.78, 5) is 23.6. The first-order valence-corrected chi connectivity index (χ1v) is 7.88. The van der Waals surface area contributed by atoms with Gasteiger partial charge in [0.25, 0.3) is 0 Å². The predicted octanol–water partition coefficient (Wildman–Crippen LogP) is 1.86. The monoisotopic (exact) mass is 328 g/mol. The molecule has 2 rings (SSSR count). The lowest BCUT2D eigenvalue weighted by Crippen LogP contribution is -2.65. The van der Waals surface area contributed by atoms with Crippen LogP contribution in [0.1, 0.15) is 24.0 Å². The number of carbonyl (C=O) groups excluding carboxylic acids is 2. The number of benzene rings is 2. The number of carbonyl (C=O) groups is 2. The van der Waals surface area contributed by atoms with Gasteiger partial charge in [0.1, 0.15) is 13.2 Å². The second-order valence-electron chi connectivity index (χ2n) is 5.48. The summed E-state index contributed by atoms with van der Waals surface area (Å²) in [5.41, 5.74) is 5.61.